The van der Waals surface area contributed by atoms with Crippen LogP contribution in [0, 0.1) is 0 Å². The van der Waals surface area contributed by atoms with Crippen LogP contribution in [-0.4, -0.2) is 43.9 Å². The summed E-state index contributed by atoms with van der Waals surface area (Å²) in [5, 5.41) is 6.16. The second kappa shape index (κ2) is 11.9. The third kappa shape index (κ3) is 5.89. The van der Waals surface area contributed by atoms with Gasteiger partial charge in [0.15, 0.2) is 0 Å². The van der Waals surface area contributed by atoms with E-state index in [4.69, 9.17) is 11.6 Å². The summed E-state index contributed by atoms with van der Waals surface area (Å²) in [6.07, 6.45) is 7.83. The molecule has 5 rings (SSSR count). The van der Waals surface area contributed by atoms with E-state index in [2.05, 4.69) is 19.7 Å². The molecule has 6 nitrogen and oxygen atoms in total. The fraction of sp³-hybridized carbons (Fsp3) is 0.261. The van der Waals surface area contributed by atoms with Gasteiger partial charge in [0.1, 0.15) is 0 Å². The predicted molar refractivity (Wildman–Crippen MR) is 141 cm³/mol. The number of hydrogen-bond donors (Lipinski definition) is 0. The molecule has 4 heterocycles. The molecular formula is C23H25Cl4N5O. The molecule has 0 amide bonds. The maximum Gasteiger partial charge on any atom is 0.255 e. The van der Waals surface area contributed by atoms with Crippen LogP contribution in [0.2, 0.25) is 5.02 Å². The summed E-state index contributed by atoms with van der Waals surface area (Å²) >= 11 is 5.90. The third-order valence-electron chi connectivity index (χ3n) is 5.67. The molecule has 4 aromatic rings. The molecule has 0 spiro atoms. The topological polar surface area (TPSA) is 56.0 Å². The summed E-state index contributed by atoms with van der Waals surface area (Å²) < 4.78 is 3.69. The van der Waals surface area contributed by atoms with Crippen LogP contribution >= 0.6 is 48.8 Å². The summed E-state index contributed by atoms with van der Waals surface area (Å²) in [5.74, 6) is 0. The summed E-state index contributed by atoms with van der Waals surface area (Å²) in [4.78, 5) is 19.5. The van der Waals surface area contributed by atoms with Crippen molar-refractivity contribution in [3.05, 3.63) is 76.4 Å². The van der Waals surface area contributed by atoms with Crippen molar-refractivity contribution in [3.8, 4) is 16.9 Å². The van der Waals surface area contributed by atoms with Gasteiger partial charge in [0.25, 0.3) is 5.56 Å². The van der Waals surface area contributed by atoms with E-state index in [1.54, 1.807) is 29.1 Å². The second-order valence-corrected chi connectivity index (χ2v) is 8.08. The van der Waals surface area contributed by atoms with Crippen LogP contribution in [0.4, 0.5) is 0 Å². The minimum Gasteiger partial charge on any atom is -0.301 e. The first-order valence-corrected chi connectivity index (χ1v) is 10.6. The third-order valence-corrected chi connectivity index (χ3v) is 5.90. The quantitative estimate of drug-likeness (QED) is 0.354. The maximum absolute atomic E-state index is 12.8. The largest absolute Gasteiger partial charge is 0.301 e. The fourth-order valence-corrected chi connectivity index (χ4v) is 4.15. The first-order chi connectivity index (χ1) is 14.7. The highest BCUT2D eigenvalue weighted by molar-refractivity contribution is 6.30. The SMILES string of the molecule is Cl.Cl.Cl.O=c1cc(-c2ccc(Cl)cn2)ccn1-c1ccc2c(cnn2CCN2CCCC2)c1. The lowest BCUT2D eigenvalue weighted by atomic mass is 10.1. The number of fused-ring (bicyclic) bond motifs is 1. The van der Waals surface area contributed by atoms with Gasteiger partial charge in [-0.25, -0.2) is 0 Å². The van der Waals surface area contributed by atoms with Crippen LogP contribution in [0.5, 0.6) is 0 Å². The molecule has 176 valence electrons. The van der Waals surface area contributed by atoms with E-state index in [9.17, 15) is 4.79 Å². The van der Waals surface area contributed by atoms with E-state index in [0.29, 0.717) is 5.02 Å². The molecule has 1 aliphatic heterocycles. The zero-order chi connectivity index (χ0) is 20.5. The van der Waals surface area contributed by atoms with Gasteiger partial charge < -0.3 is 4.90 Å². The lowest BCUT2D eigenvalue weighted by Crippen LogP contribution is -2.24. The van der Waals surface area contributed by atoms with Crippen LogP contribution < -0.4 is 5.56 Å². The van der Waals surface area contributed by atoms with Crippen molar-refractivity contribution in [3.63, 3.8) is 0 Å². The number of nitrogens with zero attached hydrogens (tertiary/aromatic N) is 5. The molecule has 0 saturated carbocycles. The van der Waals surface area contributed by atoms with Crippen molar-refractivity contribution >= 4 is 59.7 Å². The minimum atomic E-state index is -0.106. The molecule has 10 heteroatoms. The minimum absolute atomic E-state index is 0. The summed E-state index contributed by atoms with van der Waals surface area (Å²) in [6, 6.07) is 13.1. The lowest BCUT2D eigenvalue weighted by molar-refractivity contribution is 0.318. The van der Waals surface area contributed by atoms with E-state index in [1.165, 1.54) is 25.9 Å². The lowest BCUT2D eigenvalue weighted by Gasteiger charge is -2.14. The molecule has 3 aromatic heterocycles. The molecule has 0 aliphatic carbocycles. The van der Waals surface area contributed by atoms with E-state index in [0.717, 1.165) is 40.9 Å². The molecule has 1 aliphatic rings. The fourth-order valence-electron chi connectivity index (χ4n) is 4.04. The van der Waals surface area contributed by atoms with Gasteiger partial charge in [0.05, 0.1) is 29.0 Å². The van der Waals surface area contributed by atoms with Gasteiger partial charge in [-0.15, -0.1) is 37.2 Å². The first-order valence-electron chi connectivity index (χ1n) is 10.2. The number of aromatic nitrogens is 4. The average molecular weight is 529 g/mol. The highest BCUT2D eigenvalue weighted by Gasteiger charge is 2.12. The van der Waals surface area contributed by atoms with Crippen LogP contribution in [0.15, 0.2) is 65.8 Å². The zero-order valence-electron chi connectivity index (χ0n) is 17.8. The highest BCUT2D eigenvalue weighted by Crippen LogP contribution is 2.20. The highest BCUT2D eigenvalue weighted by atomic mass is 35.5. The van der Waals surface area contributed by atoms with Crippen molar-refractivity contribution in [1.29, 1.82) is 0 Å². The molecular weight excluding hydrogens is 504 g/mol. The predicted octanol–water partition coefficient (Wildman–Crippen LogP) is 5.26. The van der Waals surface area contributed by atoms with Crippen molar-refractivity contribution < 1.29 is 0 Å². The number of pyridine rings is 2. The van der Waals surface area contributed by atoms with Gasteiger partial charge in [-0.2, -0.15) is 5.10 Å². The molecule has 0 radical (unpaired) electrons. The molecule has 1 fully saturated rings. The van der Waals surface area contributed by atoms with Gasteiger partial charge in [0.2, 0.25) is 0 Å². The Kier molecular flexibility index (Phi) is 9.76. The summed E-state index contributed by atoms with van der Waals surface area (Å²) in [5.41, 5.74) is 3.29. The number of benzene rings is 1. The number of halogens is 4. The van der Waals surface area contributed by atoms with Gasteiger partial charge >= 0.3 is 0 Å². The molecule has 0 unspecified atom stereocenters. The number of likely N-dealkylation sites (tertiary alicyclic amines) is 1. The molecule has 33 heavy (non-hydrogen) atoms. The van der Waals surface area contributed by atoms with Gasteiger partial charge in [-0.1, -0.05) is 11.6 Å². The molecule has 0 bridgehead atoms. The van der Waals surface area contributed by atoms with Crippen molar-refractivity contribution in [2.75, 3.05) is 19.6 Å². The van der Waals surface area contributed by atoms with Gasteiger partial charge in [-0.3, -0.25) is 19.0 Å². The Morgan fingerprint density at radius 1 is 0.909 bits per heavy atom. The number of rotatable bonds is 5. The smallest absolute Gasteiger partial charge is 0.255 e. The first kappa shape index (κ1) is 27.2. The van der Waals surface area contributed by atoms with Crippen LogP contribution in [-0.2, 0) is 6.54 Å². The van der Waals surface area contributed by atoms with Gasteiger partial charge in [-0.05, 0) is 62.3 Å². The van der Waals surface area contributed by atoms with E-state index < -0.39 is 0 Å². The molecule has 0 atom stereocenters. The Morgan fingerprint density at radius 3 is 2.39 bits per heavy atom. The Bertz CT molecular complexity index is 1250. The van der Waals surface area contributed by atoms with Crippen molar-refractivity contribution in [2.45, 2.75) is 19.4 Å². The summed E-state index contributed by atoms with van der Waals surface area (Å²) in [7, 11) is 0. The average Bonchev–Trinajstić information content (AvgIpc) is 3.42. The Morgan fingerprint density at radius 2 is 1.70 bits per heavy atom. The van der Waals surface area contributed by atoms with E-state index in [1.807, 2.05) is 36.5 Å². The molecule has 1 aromatic carbocycles. The Balaban J connectivity index is 0.00000128. The van der Waals surface area contributed by atoms with Crippen LogP contribution in [0.3, 0.4) is 0 Å². The number of hydrogen-bond acceptors (Lipinski definition) is 4. The zero-order valence-corrected chi connectivity index (χ0v) is 21.0. The maximum atomic E-state index is 12.8. The normalized spacial score (nSPS) is 13.2. The summed E-state index contributed by atoms with van der Waals surface area (Å²) in [6.45, 7) is 4.28. The van der Waals surface area contributed by atoms with Crippen LogP contribution in [0.1, 0.15) is 12.8 Å². The van der Waals surface area contributed by atoms with Crippen LogP contribution in [0.25, 0.3) is 27.8 Å². The monoisotopic (exact) mass is 527 g/mol. The Labute approximate surface area is 215 Å². The van der Waals surface area contributed by atoms with E-state index >= 15 is 0 Å². The standard InChI is InChI=1S/C23H22ClN5O.3ClH/c24-19-3-5-21(25-16-19)17-7-10-28(23(30)14-17)20-4-6-22-18(13-20)15-26-29(22)12-11-27-8-1-2-9-27;;;/h3-7,10,13-16H,1-2,8-9,11-12H2;3*1H. The van der Waals surface area contributed by atoms with E-state index in [-0.39, 0.29) is 42.8 Å². The molecule has 1 saturated heterocycles. The molecule has 0 N–H and O–H groups in total. The Hall–Kier alpha value is -2.09. The van der Waals surface area contributed by atoms with Gasteiger partial charge in [0, 0.05) is 41.6 Å². The second-order valence-electron chi connectivity index (χ2n) is 7.64. The van der Waals surface area contributed by atoms with Crippen molar-refractivity contribution in [2.24, 2.45) is 0 Å². The van der Waals surface area contributed by atoms with Crippen molar-refractivity contribution in [1.82, 2.24) is 24.2 Å².